The second kappa shape index (κ2) is 8.26. The molecule has 2 aromatic rings. The average Bonchev–Trinajstić information content (AvgIpc) is 2.91. The zero-order valence-electron chi connectivity index (χ0n) is 19.2. The first kappa shape index (κ1) is 21.0. The maximum absolute atomic E-state index is 10.2. The predicted molar refractivity (Wildman–Crippen MR) is 128 cm³/mol. The lowest BCUT2D eigenvalue weighted by Gasteiger charge is -2.69. The lowest BCUT2D eigenvalue weighted by atomic mass is 9.36. The van der Waals surface area contributed by atoms with Crippen molar-refractivity contribution in [3.63, 3.8) is 0 Å². The Bertz CT molecular complexity index is 899. The van der Waals surface area contributed by atoms with Crippen molar-refractivity contribution in [3.05, 3.63) is 65.7 Å². The summed E-state index contributed by atoms with van der Waals surface area (Å²) in [7, 11) is 0. The third kappa shape index (κ3) is 3.41. The van der Waals surface area contributed by atoms with E-state index in [9.17, 15) is 5.11 Å². The van der Waals surface area contributed by atoms with E-state index in [0.29, 0.717) is 22.8 Å². The van der Waals surface area contributed by atoms with Gasteiger partial charge in [-0.1, -0.05) is 49.4 Å². The van der Waals surface area contributed by atoms with E-state index in [-0.39, 0.29) is 6.61 Å². The molecule has 0 amide bonds. The normalized spacial score (nSPS) is 32.9. The van der Waals surface area contributed by atoms with Gasteiger partial charge in [-0.2, -0.15) is 0 Å². The van der Waals surface area contributed by atoms with E-state index >= 15 is 0 Å². The van der Waals surface area contributed by atoms with Crippen molar-refractivity contribution in [2.45, 2.75) is 57.4 Å². The number of nitrogens with one attached hydrogen (secondary N) is 1. The maximum Gasteiger partial charge on any atom is 0.0474 e. The molecule has 0 radical (unpaired) electrons. The average molecular weight is 419 g/mol. The van der Waals surface area contributed by atoms with Crippen LogP contribution in [0.15, 0.2) is 54.6 Å². The predicted octanol–water partition coefficient (Wildman–Crippen LogP) is 5.10. The Morgan fingerprint density at radius 3 is 2.65 bits per heavy atom. The molecule has 4 fully saturated rings. The molecule has 2 aliphatic carbocycles. The van der Waals surface area contributed by atoms with Gasteiger partial charge in [-0.15, -0.1) is 0 Å². The third-order valence-electron chi connectivity index (χ3n) is 9.11. The fourth-order valence-corrected chi connectivity index (χ4v) is 7.34. The van der Waals surface area contributed by atoms with Crippen LogP contribution < -0.4 is 5.32 Å². The zero-order chi connectivity index (χ0) is 21.5. The molecular formula is C28H38N2O. The number of fused-ring (bicyclic) bond motifs is 2. The Balaban J connectivity index is 1.35. The molecule has 2 heterocycles. The lowest BCUT2D eigenvalue weighted by molar-refractivity contribution is -0.156. The van der Waals surface area contributed by atoms with E-state index in [0.717, 1.165) is 32.0 Å². The van der Waals surface area contributed by atoms with Crippen LogP contribution in [0.5, 0.6) is 0 Å². The molecule has 6 rings (SSSR count). The van der Waals surface area contributed by atoms with Crippen LogP contribution in [0.3, 0.4) is 0 Å². The molecular weight excluding hydrogens is 380 g/mol. The second-order valence-corrected chi connectivity index (χ2v) is 10.4. The summed E-state index contributed by atoms with van der Waals surface area (Å²) in [6.45, 7) is 8.13. The molecule has 1 spiro atoms. The van der Waals surface area contributed by atoms with Crippen molar-refractivity contribution in [1.82, 2.24) is 4.90 Å². The van der Waals surface area contributed by atoms with Crippen LogP contribution in [0, 0.1) is 17.3 Å². The standard InChI is InChI=1S/C28H38N2O/c1-3-29-25-11-7-10-24(17-25)27-14-15-30(26-12-13-28(26,20-27)21(27)2)18-23(19-31)16-22-8-5-4-6-9-22/h4-11,17,21,23,26,29,31H,3,12-16,18-20H2,1-2H3. The highest BCUT2D eigenvalue weighted by Gasteiger charge is 2.69. The molecule has 5 unspecified atom stereocenters. The molecule has 4 aliphatic rings. The van der Waals surface area contributed by atoms with Crippen molar-refractivity contribution in [3.8, 4) is 0 Å². The van der Waals surface area contributed by atoms with Gasteiger partial charge in [0.05, 0.1) is 0 Å². The number of nitrogens with zero attached hydrogens (tertiary/aromatic N) is 1. The molecule has 31 heavy (non-hydrogen) atoms. The van der Waals surface area contributed by atoms with E-state index in [1.165, 1.54) is 36.9 Å². The van der Waals surface area contributed by atoms with Crippen LogP contribution in [-0.2, 0) is 11.8 Å². The Labute approximate surface area is 187 Å². The van der Waals surface area contributed by atoms with Crippen molar-refractivity contribution in [1.29, 1.82) is 0 Å². The van der Waals surface area contributed by atoms with Gasteiger partial charge in [-0.25, -0.2) is 0 Å². The summed E-state index contributed by atoms with van der Waals surface area (Å²) in [6.07, 6.45) is 6.28. The Morgan fingerprint density at radius 1 is 1.13 bits per heavy atom. The van der Waals surface area contributed by atoms with Gasteiger partial charge in [-0.3, -0.25) is 4.90 Å². The largest absolute Gasteiger partial charge is 0.396 e. The summed E-state index contributed by atoms with van der Waals surface area (Å²) in [6, 6.07) is 20.6. The molecule has 2 N–H and O–H groups in total. The summed E-state index contributed by atoms with van der Waals surface area (Å²) in [5, 5.41) is 13.7. The van der Waals surface area contributed by atoms with Crippen LogP contribution in [0.1, 0.15) is 50.7 Å². The van der Waals surface area contributed by atoms with Crippen LogP contribution in [0.25, 0.3) is 0 Å². The SMILES string of the molecule is CCNc1cccc(C23CCN(CC(CO)Cc4ccccc4)C4CCC4(C2)C3C)c1. The van der Waals surface area contributed by atoms with Gasteiger partial charge in [0.15, 0.2) is 0 Å². The van der Waals surface area contributed by atoms with Crippen molar-refractivity contribution in [2.75, 3.05) is 31.6 Å². The minimum Gasteiger partial charge on any atom is -0.396 e. The van der Waals surface area contributed by atoms with Crippen LogP contribution >= 0.6 is 0 Å². The van der Waals surface area contributed by atoms with Gasteiger partial charge in [0.25, 0.3) is 0 Å². The highest BCUT2D eigenvalue weighted by molar-refractivity contribution is 5.49. The summed E-state index contributed by atoms with van der Waals surface area (Å²) < 4.78 is 0. The number of anilines is 1. The maximum atomic E-state index is 10.2. The first-order chi connectivity index (χ1) is 15.1. The number of rotatable bonds is 8. The molecule has 3 nitrogen and oxygen atoms in total. The fourth-order valence-electron chi connectivity index (χ4n) is 7.34. The summed E-state index contributed by atoms with van der Waals surface area (Å²) in [4.78, 5) is 2.77. The lowest BCUT2D eigenvalue weighted by Crippen LogP contribution is -2.68. The highest BCUT2D eigenvalue weighted by atomic mass is 16.3. The number of benzene rings is 2. The van der Waals surface area contributed by atoms with Gasteiger partial charge in [0.1, 0.15) is 0 Å². The molecule has 166 valence electrons. The summed E-state index contributed by atoms with van der Waals surface area (Å²) >= 11 is 0. The Kier molecular flexibility index (Phi) is 5.60. The van der Waals surface area contributed by atoms with Crippen LogP contribution in [0.4, 0.5) is 5.69 Å². The fraction of sp³-hybridized carbons (Fsp3) is 0.571. The van der Waals surface area contributed by atoms with E-state index in [4.69, 9.17) is 0 Å². The molecule has 2 saturated heterocycles. The number of aliphatic hydroxyl groups is 1. The number of hydrogen-bond donors (Lipinski definition) is 2. The zero-order valence-corrected chi connectivity index (χ0v) is 19.2. The van der Waals surface area contributed by atoms with Gasteiger partial charge in [0.2, 0.25) is 0 Å². The van der Waals surface area contributed by atoms with Gasteiger partial charge >= 0.3 is 0 Å². The summed E-state index contributed by atoms with van der Waals surface area (Å²) in [5.74, 6) is 1.06. The monoisotopic (exact) mass is 418 g/mol. The summed E-state index contributed by atoms with van der Waals surface area (Å²) in [5.41, 5.74) is 4.97. The van der Waals surface area contributed by atoms with Crippen molar-refractivity contribution >= 4 is 5.69 Å². The smallest absolute Gasteiger partial charge is 0.0474 e. The number of hydrogen-bond acceptors (Lipinski definition) is 3. The van der Waals surface area contributed by atoms with Gasteiger partial charge < -0.3 is 10.4 Å². The van der Waals surface area contributed by atoms with Gasteiger partial charge in [-0.05, 0) is 86.1 Å². The highest BCUT2D eigenvalue weighted by Crippen LogP contribution is 2.72. The Hall–Kier alpha value is -1.84. The van der Waals surface area contributed by atoms with E-state index in [1.807, 2.05) is 0 Å². The molecule has 2 saturated carbocycles. The van der Waals surface area contributed by atoms with Crippen molar-refractivity contribution in [2.24, 2.45) is 17.3 Å². The molecule has 5 atom stereocenters. The van der Waals surface area contributed by atoms with E-state index < -0.39 is 0 Å². The second-order valence-electron chi connectivity index (χ2n) is 10.4. The van der Waals surface area contributed by atoms with E-state index in [2.05, 4.69) is 78.7 Å². The van der Waals surface area contributed by atoms with Crippen LogP contribution in [0.2, 0.25) is 0 Å². The molecule has 2 aromatic carbocycles. The quantitative estimate of drug-likeness (QED) is 0.626. The third-order valence-corrected chi connectivity index (χ3v) is 9.11. The minimum absolute atomic E-state index is 0.274. The minimum atomic E-state index is 0.274. The molecule has 2 aliphatic heterocycles. The first-order valence-electron chi connectivity index (χ1n) is 12.3. The number of aliphatic hydroxyl groups excluding tert-OH is 1. The topological polar surface area (TPSA) is 35.5 Å². The first-order valence-corrected chi connectivity index (χ1v) is 12.3. The molecule has 3 heteroatoms. The molecule has 0 aromatic heterocycles. The van der Waals surface area contributed by atoms with Crippen molar-refractivity contribution < 1.29 is 5.11 Å². The van der Waals surface area contributed by atoms with Crippen LogP contribution in [-0.4, -0.2) is 42.3 Å². The van der Waals surface area contributed by atoms with E-state index in [1.54, 1.807) is 5.56 Å². The molecule has 2 bridgehead atoms. The van der Waals surface area contributed by atoms with Gasteiger partial charge in [0, 0.05) is 36.8 Å². The Morgan fingerprint density at radius 2 is 1.97 bits per heavy atom.